The predicted octanol–water partition coefficient (Wildman–Crippen LogP) is 4.01. The Morgan fingerprint density at radius 3 is 2.44 bits per heavy atom. The van der Waals surface area contributed by atoms with Crippen LogP contribution in [0.3, 0.4) is 0 Å². The molecule has 0 aliphatic carbocycles. The van der Waals surface area contributed by atoms with E-state index < -0.39 is 0 Å². The van der Waals surface area contributed by atoms with Crippen molar-refractivity contribution in [2.75, 3.05) is 14.2 Å². The third-order valence-corrected chi connectivity index (χ3v) is 3.89. The molecule has 3 rings (SSSR count). The molecule has 3 aromatic rings. The first-order chi connectivity index (χ1) is 12.2. The van der Waals surface area contributed by atoms with Crippen LogP contribution in [0.5, 0.6) is 11.6 Å². The molecule has 1 aromatic carbocycles. The lowest BCUT2D eigenvalue weighted by atomic mass is 9.99. The summed E-state index contributed by atoms with van der Waals surface area (Å²) in [6.45, 7) is 2.02. The average molecular weight is 331 g/mol. The van der Waals surface area contributed by atoms with E-state index >= 15 is 0 Å². The zero-order valence-electron chi connectivity index (χ0n) is 14.3. The Bertz CT molecular complexity index is 944. The summed E-state index contributed by atoms with van der Waals surface area (Å²) in [5.41, 5.74) is 4.39. The van der Waals surface area contributed by atoms with Crippen molar-refractivity contribution in [3.05, 3.63) is 59.8 Å². The minimum atomic E-state index is 0.267. The number of ether oxygens (including phenoxy) is 2. The molecule has 0 aliphatic heterocycles. The van der Waals surface area contributed by atoms with Crippen molar-refractivity contribution in [1.29, 1.82) is 5.26 Å². The number of pyridine rings is 2. The minimum absolute atomic E-state index is 0.267. The second kappa shape index (κ2) is 7.02. The number of hydrogen-bond acceptors (Lipinski definition) is 5. The standard InChI is InChI=1S/C20H17N3O2/c1-13-6-8-14(9-7-13)15-11-17(23-20(25-3)16(15)12-21)19-18(24-2)5-4-10-22-19/h4-11H,1-3H3. The lowest BCUT2D eigenvalue weighted by Gasteiger charge is -2.13. The van der Waals surface area contributed by atoms with Gasteiger partial charge in [0.2, 0.25) is 5.88 Å². The number of nitrogens with zero attached hydrogens (tertiary/aromatic N) is 3. The highest BCUT2D eigenvalue weighted by molar-refractivity contribution is 5.78. The molecule has 2 aromatic heterocycles. The average Bonchev–Trinajstić information content (AvgIpc) is 2.67. The maximum atomic E-state index is 9.60. The largest absolute Gasteiger partial charge is 0.494 e. The highest BCUT2D eigenvalue weighted by Gasteiger charge is 2.18. The van der Waals surface area contributed by atoms with Gasteiger partial charge >= 0.3 is 0 Å². The van der Waals surface area contributed by atoms with Crippen LogP contribution in [0.15, 0.2) is 48.7 Å². The first-order valence-corrected chi connectivity index (χ1v) is 7.73. The summed E-state index contributed by atoms with van der Waals surface area (Å²) < 4.78 is 10.7. The van der Waals surface area contributed by atoms with E-state index in [0.29, 0.717) is 22.7 Å². The molecule has 0 radical (unpaired) electrons. The Kier molecular flexibility index (Phi) is 4.62. The van der Waals surface area contributed by atoms with E-state index in [9.17, 15) is 5.26 Å². The van der Waals surface area contributed by atoms with Crippen LogP contribution in [0.2, 0.25) is 0 Å². The quantitative estimate of drug-likeness (QED) is 0.722. The van der Waals surface area contributed by atoms with E-state index in [4.69, 9.17) is 9.47 Å². The van der Waals surface area contributed by atoms with Gasteiger partial charge in [-0.15, -0.1) is 0 Å². The number of aryl methyl sites for hydroxylation is 1. The van der Waals surface area contributed by atoms with Gasteiger partial charge in [0.25, 0.3) is 0 Å². The van der Waals surface area contributed by atoms with Crippen molar-refractivity contribution in [2.45, 2.75) is 6.92 Å². The molecule has 0 unspecified atom stereocenters. The molecule has 0 N–H and O–H groups in total. The van der Waals surface area contributed by atoms with Crippen LogP contribution in [-0.4, -0.2) is 24.2 Å². The number of methoxy groups -OCH3 is 2. The SMILES string of the molecule is COc1cccnc1-c1cc(-c2ccc(C)cc2)c(C#N)c(OC)n1. The lowest BCUT2D eigenvalue weighted by Crippen LogP contribution is -2.00. The minimum Gasteiger partial charge on any atom is -0.494 e. The number of benzene rings is 1. The smallest absolute Gasteiger partial charge is 0.232 e. The van der Waals surface area contributed by atoms with E-state index in [1.807, 2.05) is 43.3 Å². The van der Waals surface area contributed by atoms with Crippen LogP contribution in [0, 0.1) is 18.3 Å². The van der Waals surface area contributed by atoms with E-state index in [2.05, 4.69) is 16.0 Å². The molecule has 0 saturated heterocycles. The van der Waals surface area contributed by atoms with Gasteiger partial charge in [-0.05, 0) is 30.7 Å². The first kappa shape index (κ1) is 16.5. The molecule has 5 nitrogen and oxygen atoms in total. The summed E-state index contributed by atoms with van der Waals surface area (Å²) in [4.78, 5) is 8.83. The normalized spacial score (nSPS) is 10.2. The maximum absolute atomic E-state index is 9.60. The van der Waals surface area contributed by atoms with Crippen molar-refractivity contribution in [3.63, 3.8) is 0 Å². The highest BCUT2D eigenvalue weighted by Crippen LogP contribution is 2.35. The Morgan fingerprint density at radius 1 is 1.04 bits per heavy atom. The number of aromatic nitrogens is 2. The molecule has 2 heterocycles. The molecule has 0 atom stereocenters. The monoisotopic (exact) mass is 331 g/mol. The van der Waals surface area contributed by atoms with Crippen molar-refractivity contribution in [3.8, 4) is 40.2 Å². The van der Waals surface area contributed by atoms with Crippen molar-refractivity contribution in [1.82, 2.24) is 9.97 Å². The van der Waals surface area contributed by atoms with Crippen LogP contribution >= 0.6 is 0 Å². The predicted molar refractivity (Wildman–Crippen MR) is 95.5 cm³/mol. The number of nitriles is 1. The molecular weight excluding hydrogens is 314 g/mol. The summed E-state index contributed by atoms with van der Waals surface area (Å²) in [6, 6.07) is 15.6. The maximum Gasteiger partial charge on any atom is 0.232 e. The molecular formula is C20H17N3O2. The van der Waals surface area contributed by atoms with Crippen LogP contribution in [0.4, 0.5) is 0 Å². The number of rotatable bonds is 4. The van der Waals surface area contributed by atoms with E-state index in [-0.39, 0.29) is 5.88 Å². The molecule has 0 aliphatic rings. The summed E-state index contributed by atoms with van der Waals surface area (Å²) in [7, 11) is 3.09. The van der Waals surface area contributed by atoms with Gasteiger partial charge in [-0.25, -0.2) is 4.98 Å². The third-order valence-electron chi connectivity index (χ3n) is 3.89. The molecule has 0 bridgehead atoms. The van der Waals surface area contributed by atoms with Gasteiger partial charge in [-0.2, -0.15) is 5.26 Å². The fraction of sp³-hybridized carbons (Fsp3) is 0.150. The molecule has 0 amide bonds. The molecule has 124 valence electrons. The van der Waals surface area contributed by atoms with Gasteiger partial charge < -0.3 is 9.47 Å². The van der Waals surface area contributed by atoms with Crippen molar-refractivity contribution < 1.29 is 9.47 Å². The van der Waals surface area contributed by atoms with Gasteiger partial charge in [0.1, 0.15) is 23.1 Å². The fourth-order valence-corrected chi connectivity index (χ4v) is 2.61. The third kappa shape index (κ3) is 3.15. The van der Waals surface area contributed by atoms with Crippen molar-refractivity contribution in [2.24, 2.45) is 0 Å². The Morgan fingerprint density at radius 2 is 1.80 bits per heavy atom. The van der Waals surface area contributed by atoms with Gasteiger partial charge in [0.05, 0.1) is 19.9 Å². The molecule has 5 heteroatoms. The van der Waals surface area contributed by atoms with Crippen molar-refractivity contribution >= 4 is 0 Å². The Labute approximate surface area is 146 Å². The fourth-order valence-electron chi connectivity index (χ4n) is 2.61. The summed E-state index contributed by atoms with van der Waals surface area (Å²) in [6.07, 6.45) is 1.68. The summed E-state index contributed by atoms with van der Waals surface area (Å²) in [5, 5.41) is 9.60. The number of hydrogen-bond donors (Lipinski definition) is 0. The lowest BCUT2D eigenvalue weighted by molar-refractivity contribution is 0.396. The van der Waals surface area contributed by atoms with E-state index in [1.165, 1.54) is 7.11 Å². The zero-order valence-corrected chi connectivity index (χ0v) is 14.3. The molecule has 0 spiro atoms. The molecule has 25 heavy (non-hydrogen) atoms. The summed E-state index contributed by atoms with van der Waals surface area (Å²) in [5.74, 6) is 0.875. The second-order valence-electron chi connectivity index (χ2n) is 5.47. The first-order valence-electron chi connectivity index (χ1n) is 7.73. The van der Waals surface area contributed by atoms with Crippen LogP contribution in [0.25, 0.3) is 22.5 Å². The van der Waals surface area contributed by atoms with E-state index in [0.717, 1.165) is 16.7 Å². The van der Waals surface area contributed by atoms with Gasteiger partial charge in [0, 0.05) is 11.8 Å². The summed E-state index contributed by atoms with van der Waals surface area (Å²) >= 11 is 0. The molecule has 0 fully saturated rings. The van der Waals surface area contributed by atoms with Gasteiger partial charge in [-0.3, -0.25) is 4.98 Å². The van der Waals surface area contributed by atoms with E-state index in [1.54, 1.807) is 19.4 Å². The van der Waals surface area contributed by atoms with Crippen LogP contribution in [0.1, 0.15) is 11.1 Å². The molecule has 0 saturated carbocycles. The Hall–Kier alpha value is -3.39. The zero-order chi connectivity index (χ0) is 17.8. The van der Waals surface area contributed by atoms with Gasteiger partial charge in [0.15, 0.2) is 0 Å². The van der Waals surface area contributed by atoms with Gasteiger partial charge in [-0.1, -0.05) is 29.8 Å². The Balaban J connectivity index is 2.27. The topological polar surface area (TPSA) is 68.0 Å². The highest BCUT2D eigenvalue weighted by atomic mass is 16.5. The van der Waals surface area contributed by atoms with Crippen LogP contribution in [-0.2, 0) is 0 Å². The van der Waals surface area contributed by atoms with Crippen LogP contribution < -0.4 is 9.47 Å². The second-order valence-corrected chi connectivity index (χ2v) is 5.47.